The van der Waals surface area contributed by atoms with E-state index in [0.29, 0.717) is 5.92 Å². The van der Waals surface area contributed by atoms with Gasteiger partial charge in [0.2, 0.25) is 0 Å². The summed E-state index contributed by atoms with van der Waals surface area (Å²) >= 11 is -2.68. The summed E-state index contributed by atoms with van der Waals surface area (Å²) in [6.07, 6.45) is 11.0. The van der Waals surface area contributed by atoms with E-state index in [2.05, 4.69) is 105 Å². The van der Waals surface area contributed by atoms with E-state index in [1.165, 1.54) is 57.4 Å². The fraction of sp³-hybridized carbons (Fsp3) is 0.733. The molecule has 0 N–H and O–H groups in total. The van der Waals surface area contributed by atoms with Gasteiger partial charge in [-0.3, -0.25) is 0 Å². The van der Waals surface area contributed by atoms with Crippen molar-refractivity contribution in [1.82, 2.24) is 0 Å². The first kappa shape index (κ1) is 31.0. The summed E-state index contributed by atoms with van der Waals surface area (Å²) in [5, 5.41) is 0.229. The Morgan fingerprint density at radius 3 is 1.70 bits per heavy atom. The number of unbranched alkanes of at least 4 members (excludes halogenated alkanes) is 3. The fourth-order valence-electron chi connectivity index (χ4n) is 4.67. The molecule has 1 atom stereocenters. The van der Waals surface area contributed by atoms with Crippen LogP contribution in [0, 0.1) is 5.92 Å². The van der Waals surface area contributed by atoms with Gasteiger partial charge in [0, 0.05) is 0 Å². The summed E-state index contributed by atoms with van der Waals surface area (Å²) in [7, 11) is -1.89. The minimum absolute atomic E-state index is 0.229. The summed E-state index contributed by atoms with van der Waals surface area (Å²) in [6.45, 7) is 24.0. The van der Waals surface area contributed by atoms with Crippen LogP contribution in [-0.4, -0.2) is 32.8 Å². The Hall–Kier alpha value is -0.0644. The van der Waals surface area contributed by atoms with Gasteiger partial charge in [-0.25, -0.2) is 0 Å². The molecule has 0 radical (unpaired) electrons. The van der Waals surface area contributed by atoms with Crippen LogP contribution in [0.25, 0.3) is 6.08 Å². The van der Waals surface area contributed by atoms with Crippen molar-refractivity contribution in [3.8, 4) is 0 Å². The van der Waals surface area contributed by atoms with Crippen molar-refractivity contribution in [1.29, 1.82) is 0 Å². The van der Waals surface area contributed by atoms with E-state index < -0.39 is 26.7 Å². The molecule has 0 amide bonds. The van der Waals surface area contributed by atoms with Gasteiger partial charge in [-0.15, -0.1) is 0 Å². The zero-order valence-corrected chi connectivity index (χ0v) is 27.7. The van der Waals surface area contributed by atoms with Crippen LogP contribution in [-0.2, 0) is 4.43 Å². The number of hydrogen-bond donors (Lipinski definition) is 0. The second kappa shape index (κ2) is 14.5. The van der Waals surface area contributed by atoms with Crippen molar-refractivity contribution in [2.24, 2.45) is 5.92 Å². The Labute approximate surface area is 213 Å². The Balaban J connectivity index is 3.75. The zero-order chi connectivity index (χ0) is 25.1. The van der Waals surface area contributed by atoms with Crippen molar-refractivity contribution < 1.29 is 4.43 Å². The van der Waals surface area contributed by atoms with E-state index in [-0.39, 0.29) is 11.1 Å². The molecule has 1 nitrogen and oxygen atoms in total. The van der Waals surface area contributed by atoms with Crippen LogP contribution in [0.2, 0.25) is 31.4 Å². The molecule has 0 heterocycles. The van der Waals surface area contributed by atoms with Crippen LogP contribution in [0.3, 0.4) is 0 Å². The summed E-state index contributed by atoms with van der Waals surface area (Å²) in [6, 6.07) is 11.2. The molecule has 0 aliphatic carbocycles. The van der Waals surface area contributed by atoms with Crippen LogP contribution >= 0.6 is 0 Å². The molecule has 0 aliphatic rings. The molecule has 190 valence electrons. The quantitative estimate of drug-likeness (QED) is 0.188. The number of benzene rings is 1. The zero-order valence-electron chi connectivity index (χ0n) is 23.9. The first-order chi connectivity index (χ1) is 15.4. The number of rotatable bonds is 15. The van der Waals surface area contributed by atoms with Crippen molar-refractivity contribution >= 4 is 32.8 Å². The third-order valence-corrected chi connectivity index (χ3v) is 28.3. The molecule has 0 aromatic heterocycles. The average molecular weight is 580 g/mol. The Bertz CT molecular complexity index is 665. The minimum atomic E-state index is -2.68. The van der Waals surface area contributed by atoms with Crippen LogP contribution in [0.1, 0.15) is 99.5 Å². The molecule has 0 saturated carbocycles. The van der Waals surface area contributed by atoms with Crippen LogP contribution in [0.5, 0.6) is 0 Å². The van der Waals surface area contributed by atoms with Crippen LogP contribution in [0.4, 0.5) is 0 Å². The normalized spacial score (nSPS) is 14.7. The van der Waals surface area contributed by atoms with E-state index in [9.17, 15) is 0 Å². The standard InChI is InChI=1S/C18H29OSi.3C4H9.Sn/c1-15(2)17(19-20(6,7)18(3,4)5)14-13-16-11-9-8-10-12-16;3*1-3-4-2;/h8-13,15,17H,1-7H3;3*1,3-4H2,2H3;. The second-order valence-corrected chi connectivity index (χ2v) is 30.1. The molecule has 0 aliphatic heterocycles. The van der Waals surface area contributed by atoms with E-state index >= 15 is 0 Å². The van der Waals surface area contributed by atoms with Crippen molar-refractivity contribution in [2.45, 2.75) is 131 Å². The molecular formula is C30H56OSiSn. The molecule has 3 heteroatoms. The molecule has 33 heavy (non-hydrogen) atoms. The van der Waals surface area contributed by atoms with Gasteiger partial charge in [-0.1, -0.05) is 0 Å². The van der Waals surface area contributed by atoms with E-state index in [4.69, 9.17) is 4.43 Å². The molecule has 1 aromatic rings. The predicted octanol–water partition coefficient (Wildman–Crippen LogP) is 10.5. The van der Waals surface area contributed by atoms with Crippen LogP contribution in [0.15, 0.2) is 33.9 Å². The Kier molecular flexibility index (Phi) is 13.6. The van der Waals surface area contributed by atoms with Gasteiger partial charge in [-0.05, 0) is 0 Å². The third-order valence-electron chi connectivity index (χ3n) is 7.90. The Morgan fingerprint density at radius 2 is 1.33 bits per heavy atom. The van der Waals surface area contributed by atoms with Gasteiger partial charge >= 0.3 is 214 Å². The molecule has 0 saturated heterocycles. The third kappa shape index (κ3) is 9.48. The first-order valence-corrected chi connectivity index (χ1v) is 24.3. The molecular weight excluding hydrogens is 523 g/mol. The predicted molar refractivity (Wildman–Crippen MR) is 156 cm³/mol. The van der Waals surface area contributed by atoms with Crippen LogP contribution < -0.4 is 0 Å². The van der Waals surface area contributed by atoms with E-state index in [1.54, 1.807) is 3.59 Å². The molecule has 0 spiro atoms. The molecule has 0 bridgehead atoms. The maximum atomic E-state index is 7.37. The number of hydrogen-bond acceptors (Lipinski definition) is 1. The maximum absolute atomic E-state index is 7.37. The summed E-state index contributed by atoms with van der Waals surface area (Å²) in [4.78, 5) is 0. The molecule has 0 fully saturated rings. The average Bonchev–Trinajstić information content (AvgIpc) is 2.76. The summed E-state index contributed by atoms with van der Waals surface area (Å²) in [5.41, 5.74) is 1.38. The van der Waals surface area contributed by atoms with Crippen molar-refractivity contribution in [3.63, 3.8) is 0 Å². The second-order valence-electron chi connectivity index (χ2n) is 12.1. The van der Waals surface area contributed by atoms with Gasteiger partial charge in [0.05, 0.1) is 0 Å². The van der Waals surface area contributed by atoms with Crippen molar-refractivity contribution in [2.75, 3.05) is 0 Å². The van der Waals surface area contributed by atoms with Gasteiger partial charge in [0.1, 0.15) is 0 Å². The first-order valence-electron chi connectivity index (χ1n) is 13.9. The van der Waals surface area contributed by atoms with Crippen molar-refractivity contribution in [3.05, 3.63) is 39.5 Å². The van der Waals surface area contributed by atoms with Gasteiger partial charge in [-0.2, -0.15) is 0 Å². The SMILES string of the molecule is CCC[CH2][Sn]([CH2]CCC)([CH2]CCC)/[C](=C\c1ccccc1)C(O[Si](C)(C)C(C)(C)C)C(C)C. The van der Waals surface area contributed by atoms with Gasteiger partial charge in [0.25, 0.3) is 0 Å². The fourth-order valence-corrected chi connectivity index (χ4v) is 24.0. The monoisotopic (exact) mass is 580 g/mol. The van der Waals surface area contributed by atoms with Gasteiger partial charge in [0.15, 0.2) is 0 Å². The topological polar surface area (TPSA) is 9.23 Å². The van der Waals surface area contributed by atoms with E-state index in [1.807, 2.05) is 0 Å². The summed E-state index contributed by atoms with van der Waals surface area (Å²) in [5.74, 6) is 0.509. The Morgan fingerprint density at radius 1 is 0.879 bits per heavy atom. The van der Waals surface area contributed by atoms with Gasteiger partial charge < -0.3 is 0 Å². The molecule has 1 unspecified atom stereocenters. The summed E-state index contributed by atoms with van der Waals surface area (Å²) < 4.78 is 13.6. The molecule has 1 rings (SSSR count). The molecule has 1 aromatic carbocycles. The van der Waals surface area contributed by atoms with E-state index in [0.717, 1.165) is 0 Å².